The van der Waals surface area contributed by atoms with Crippen molar-refractivity contribution in [3.8, 4) is 0 Å². The average Bonchev–Trinajstić information content (AvgIpc) is 3.36. The van der Waals surface area contributed by atoms with Crippen molar-refractivity contribution in [2.24, 2.45) is 11.7 Å². The van der Waals surface area contributed by atoms with E-state index in [1.54, 1.807) is 11.3 Å². The summed E-state index contributed by atoms with van der Waals surface area (Å²) in [6, 6.07) is 0.329. The molecule has 4 rings (SSSR count). The SMILES string of the molecule is Nc1c(C(=O)C2CC2)sc(N2CCC(N)CC2)c1C1CC1. The van der Waals surface area contributed by atoms with Gasteiger partial charge in [0.05, 0.1) is 15.6 Å². The van der Waals surface area contributed by atoms with Crippen molar-refractivity contribution in [3.05, 3.63) is 10.4 Å². The van der Waals surface area contributed by atoms with Crippen molar-refractivity contribution < 1.29 is 4.79 Å². The Kier molecular flexibility index (Phi) is 3.23. The summed E-state index contributed by atoms with van der Waals surface area (Å²) in [5.41, 5.74) is 14.5. The number of Topliss-reactive ketones (excluding diaryl/α,β-unsaturated/α-hetero) is 1. The maximum Gasteiger partial charge on any atom is 0.178 e. The van der Waals surface area contributed by atoms with Crippen LogP contribution in [-0.4, -0.2) is 24.9 Å². The van der Waals surface area contributed by atoms with Crippen LogP contribution in [-0.2, 0) is 0 Å². The lowest BCUT2D eigenvalue weighted by atomic mass is 10.0. The van der Waals surface area contributed by atoms with Crippen LogP contribution in [0.2, 0.25) is 0 Å². The van der Waals surface area contributed by atoms with Gasteiger partial charge in [-0.1, -0.05) is 0 Å². The van der Waals surface area contributed by atoms with E-state index in [0.29, 0.717) is 17.7 Å². The van der Waals surface area contributed by atoms with Crippen LogP contribution in [0.15, 0.2) is 0 Å². The van der Waals surface area contributed by atoms with Crippen molar-refractivity contribution in [2.75, 3.05) is 23.7 Å². The van der Waals surface area contributed by atoms with E-state index >= 15 is 0 Å². The number of ketones is 1. The molecule has 3 aliphatic rings. The number of anilines is 2. The van der Waals surface area contributed by atoms with Gasteiger partial charge in [-0.25, -0.2) is 0 Å². The zero-order valence-electron chi connectivity index (χ0n) is 12.3. The largest absolute Gasteiger partial charge is 0.397 e. The summed E-state index contributed by atoms with van der Waals surface area (Å²) >= 11 is 1.65. The Morgan fingerprint density at radius 1 is 1.10 bits per heavy atom. The molecule has 1 aromatic rings. The third kappa shape index (κ3) is 2.46. The molecule has 5 heteroatoms. The average molecular weight is 305 g/mol. The minimum Gasteiger partial charge on any atom is -0.397 e. The Hall–Kier alpha value is -1.07. The molecule has 4 nitrogen and oxygen atoms in total. The van der Waals surface area contributed by atoms with Gasteiger partial charge in [0.25, 0.3) is 0 Å². The number of nitrogens with zero attached hydrogens (tertiary/aromatic N) is 1. The molecular formula is C16H23N3OS. The van der Waals surface area contributed by atoms with Crippen LogP contribution in [0.25, 0.3) is 0 Å². The molecule has 114 valence electrons. The van der Waals surface area contributed by atoms with E-state index < -0.39 is 0 Å². The van der Waals surface area contributed by atoms with Gasteiger partial charge in [0.2, 0.25) is 0 Å². The highest BCUT2D eigenvalue weighted by Gasteiger charge is 2.38. The molecule has 0 radical (unpaired) electrons. The number of carbonyl (C=O) groups is 1. The van der Waals surface area contributed by atoms with Crippen molar-refractivity contribution in [1.82, 2.24) is 0 Å². The van der Waals surface area contributed by atoms with Gasteiger partial charge in [-0.2, -0.15) is 0 Å². The van der Waals surface area contributed by atoms with Gasteiger partial charge < -0.3 is 16.4 Å². The highest BCUT2D eigenvalue weighted by molar-refractivity contribution is 7.19. The van der Waals surface area contributed by atoms with Crippen LogP contribution in [0.5, 0.6) is 0 Å². The third-order valence-corrected chi connectivity index (χ3v) is 6.24. The first-order valence-electron chi connectivity index (χ1n) is 8.12. The van der Waals surface area contributed by atoms with Gasteiger partial charge in [0.15, 0.2) is 5.78 Å². The highest BCUT2D eigenvalue weighted by Crippen LogP contribution is 2.53. The number of thiophene rings is 1. The Bertz CT molecular complexity index is 566. The summed E-state index contributed by atoms with van der Waals surface area (Å²) in [6.45, 7) is 2.00. The Balaban J connectivity index is 1.68. The lowest BCUT2D eigenvalue weighted by Gasteiger charge is -2.31. The predicted octanol–water partition coefficient (Wildman–Crippen LogP) is 2.73. The molecule has 0 bridgehead atoms. The minimum atomic E-state index is 0.251. The van der Waals surface area contributed by atoms with Gasteiger partial charge in [-0.15, -0.1) is 11.3 Å². The Labute approximate surface area is 129 Å². The molecule has 0 unspecified atom stereocenters. The summed E-state index contributed by atoms with van der Waals surface area (Å²) in [5, 5.41) is 1.27. The molecule has 1 saturated heterocycles. The molecule has 0 spiro atoms. The zero-order valence-corrected chi connectivity index (χ0v) is 13.1. The normalized spacial score (nSPS) is 23.6. The van der Waals surface area contributed by atoms with Crippen LogP contribution in [0.4, 0.5) is 10.7 Å². The second-order valence-corrected chi connectivity index (χ2v) is 7.80. The predicted molar refractivity (Wildman–Crippen MR) is 87.2 cm³/mol. The van der Waals surface area contributed by atoms with Crippen LogP contribution in [0.3, 0.4) is 0 Å². The minimum absolute atomic E-state index is 0.251. The fourth-order valence-corrected chi connectivity index (χ4v) is 4.64. The molecule has 0 aromatic carbocycles. The van der Waals surface area contributed by atoms with Gasteiger partial charge in [0.1, 0.15) is 0 Å². The summed E-state index contributed by atoms with van der Waals surface area (Å²) in [4.78, 5) is 15.7. The Morgan fingerprint density at radius 2 is 1.76 bits per heavy atom. The number of nitrogens with two attached hydrogens (primary N) is 2. The zero-order chi connectivity index (χ0) is 14.6. The lowest BCUT2D eigenvalue weighted by Crippen LogP contribution is -2.39. The highest BCUT2D eigenvalue weighted by atomic mass is 32.1. The van der Waals surface area contributed by atoms with E-state index in [-0.39, 0.29) is 5.92 Å². The van der Waals surface area contributed by atoms with Crippen molar-refractivity contribution >= 4 is 27.8 Å². The molecule has 2 heterocycles. The Morgan fingerprint density at radius 3 is 2.33 bits per heavy atom. The summed E-state index contributed by atoms with van der Waals surface area (Å²) < 4.78 is 0. The molecule has 3 fully saturated rings. The number of rotatable bonds is 4. The summed E-state index contributed by atoms with van der Waals surface area (Å²) in [7, 11) is 0. The molecule has 2 saturated carbocycles. The van der Waals surface area contributed by atoms with Gasteiger partial charge in [-0.05, 0) is 44.4 Å². The number of carbonyl (C=O) groups excluding carboxylic acids is 1. The molecule has 2 aliphatic carbocycles. The van der Waals surface area contributed by atoms with E-state index in [4.69, 9.17) is 11.5 Å². The van der Waals surface area contributed by atoms with Crippen molar-refractivity contribution in [1.29, 1.82) is 0 Å². The fourth-order valence-electron chi connectivity index (χ4n) is 3.26. The second kappa shape index (κ2) is 4.99. The molecule has 1 aliphatic heterocycles. The quantitative estimate of drug-likeness (QED) is 0.839. The molecule has 4 N–H and O–H groups in total. The standard InChI is InChI=1S/C16H23N3OS/c17-11-5-7-19(8-6-11)16-12(9-1-2-9)13(18)15(21-16)14(20)10-3-4-10/h9-11H,1-8,17-18H2. The van der Waals surface area contributed by atoms with E-state index in [0.717, 1.165) is 49.3 Å². The molecule has 0 amide bonds. The van der Waals surface area contributed by atoms with Crippen molar-refractivity contribution in [2.45, 2.75) is 50.5 Å². The van der Waals surface area contributed by atoms with Gasteiger partial charge >= 0.3 is 0 Å². The summed E-state index contributed by atoms with van der Waals surface area (Å²) in [5.74, 6) is 1.13. The van der Waals surface area contributed by atoms with E-state index in [2.05, 4.69) is 4.90 Å². The molecular weight excluding hydrogens is 282 g/mol. The molecule has 0 atom stereocenters. The topological polar surface area (TPSA) is 72.4 Å². The van der Waals surface area contributed by atoms with Gasteiger partial charge in [0, 0.05) is 30.6 Å². The van der Waals surface area contributed by atoms with Gasteiger partial charge in [-0.3, -0.25) is 4.79 Å². The molecule has 21 heavy (non-hydrogen) atoms. The van der Waals surface area contributed by atoms with Crippen LogP contribution in [0, 0.1) is 5.92 Å². The van der Waals surface area contributed by atoms with E-state index in [9.17, 15) is 4.79 Å². The third-order valence-electron chi connectivity index (χ3n) is 4.95. The first kappa shape index (κ1) is 13.6. The van der Waals surface area contributed by atoms with E-state index in [1.165, 1.54) is 23.4 Å². The molecule has 1 aromatic heterocycles. The van der Waals surface area contributed by atoms with Crippen LogP contribution in [0.1, 0.15) is 59.7 Å². The maximum absolute atomic E-state index is 12.5. The smallest absolute Gasteiger partial charge is 0.178 e. The fraction of sp³-hybridized carbons (Fsp3) is 0.688. The van der Waals surface area contributed by atoms with Crippen LogP contribution < -0.4 is 16.4 Å². The monoisotopic (exact) mass is 305 g/mol. The first-order valence-corrected chi connectivity index (χ1v) is 8.93. The number of hydrogen-bond acceptors (Lipinski definition) is 5. The van der Waals surface area contributed by atoms with Crippen LogP contribution >= 0.6 is 11.3 Å². The number of hydrogen-bond donors (Lipinski definition) is 2. The number of piperidine rings is 1. The summed E-state index contributed by atoms with van der Waals surface area (Å²) in [6.07, 6.45) is 6.60. The van der Waals surface area contributed by atoms with E-state index in [1.807, 2.05) is 0 Å². The lowest BCUT2D eigenvalue weighted by molar-refractivity contribution is 0.0972. The number of nitrogen functional groups attached to an aromatic ring is 1. The maximum atomic E-state index is 12.5. The second-order valence-electron chi connectivity index (χ2n) is 6.80. The van der Waals surface area contributed by atoms with Crippen molar-refractivity contribution in [3.63, 3.8) is 0 Å². The first-order chi connectivity index (χ1) is 10.1.